The third-order valence-corrected chi connectivity index (χ3v) is 3.83. The second-order valence-electron chi connectivity index (χ2n) is 4.15. The van der Waals surface area contributed by atoms with Crippen LogP contribution in [-0.2, 0) is 6.54 Å². The van der Waals surface area contributed by atoms with Gasteiger partial charge in [0.15, 0.2) is 0 Å². The number of pyridine rings is 1. The first-order valence-corrected chi connectivity index (χ1v) is 6.70. The van der Waals surface area contributed by atoms with Crippen LogP contribution in [0.2, 0.25) is 0 Å². The molecule has 1 amide bonds. The molecule has 0 aliphatic rings. The minimum Gasteiger partial charge on any atom is -0.477 e. The number of hydrogen-bond acceptors (Lipinski definition) is 5. The van der Waals surface area contributed by atoms with Crippen LogP contribution in [0.25, 0.3) is 0 Å². The maximum Gasteiger partial charge on any atom is 0.347 e. The molecule has 0 saturated carbocycles. The molecule has 0 radical (unpaired) electrons. The molecule has 0 aromatic carbocycles. The van der Waals surface area contributed by atoms with Crippen molar-refractivity contribution in [2.45, 2.75) is 20.4 Å². The normalized spacial score (nSPS) is 10.3. The lowest BCUT2D eigenvalue weighted by Gasteiger charge is -2.04. The maximum absolute atomic E-state index is 12.0. The summed E-state index contributed by atoms with van der Waals surface area (Å²) < 4.78 is 0. The van der Waals surface area contributed by atoms with Gasteiger partial charge in [0.2, 0.25) is 0 Å². The van der Waals surface area contributed by atoms with Crippen molar-refractivity contribution in [2.75, 3.05) is 0 Å². The van der Waals surface area contributed by atoms with Gasteiger partial charge >= 0.3 is 5.97 Å². The van der Waals surface area contributed by atoms with Gasteiger partial charge < -0.3 is 10.4 Å². The van der Waals surface area contributed by atoms with E-state index in [9.17, 15) is 9.59 Å². The molecule has 0 aliphatic carbocycles. The summed E-state index contributed by atoms with van der Waals surface area (Å²) in [5, 5.41) is 12.2. The van der Waals surface area contributed by atoms with Crippen molar-refractivity contribution in [1.82, 2.24) is 15.3 Å². The SMILES string of the molecule is Cc1ncccc1C(=O)NCc1nc(C)c(C(=O)O)s1. The predicted molar refractivity (Wildman–Crippen MR) is 74.0 cm³/mol. The highest BCUT2D eigenvalue weighted by atomic mass is 32.1. The number of nitrogens with zero attached hydrogens (tertiary/aromatic N) is 2. The van der Waals surface area contributed by atoms with Crippen molar-refractivity contribution in [3.8, 4) is 0 Å². The lowest BCUT2D eigenvalue weighted by atomic mass is 10.2. The van der Waals surface area contributed by atoms with Gasteiger partial charge in [-0.3, -0.25) is 9.78 Å². The summed E-state index contributed by atoms with van der Waals surface area (Å²) >= 11 is 1.07. The molecule has 0 fully saturated rings. The number of nitrogens with one attached hydrogen (secondary N) is 1. The van der Waals surface area contributed by atoms with Crippen LogP contribution >= 0.6 is 11.3 Å². The largest absolute Gasteiger partial charge is 0.477 e. The number of thiazole rings is 1. The smallest absolute Gasteiger partial charge is 0.347 e. The molecule has 20 heavy (non-hydrogen) atoms. The molecule has 0 atom stereocenters. The van der Waals surface area contributed by atoms with E-state index in [2.05, 4.69) is 15.3 Å². The minimum absolute atomic E-state index is 0.200. The van der Waals surface area contributed by atoms with Crippen LogP contribution in [0.5, 0.6) is 0 Å². The van der Waals surface area contributed by atoms with Gasteiger partial charge in [0, 0.05) is 11.9 Å². The van der Waals surface area contributed by atoms with Crippen molar-refractivity contribution >= 4 is 23.2 Å². The molecule has 0 aliphatic heterocycles. The van der Waals surface area contributed by atoms with Crippen LogP contribution in [0.3, 0.4) is 0 Å². The van der Waals surface area contributed by atoms with E-state index in [0.29, 0.717) is 22.0 Å². The first-order chi connectivity index (χ1) is 9.49. The van der Waals surface area contributed by atoms with Crippen molar-refractivity contribution < 1.29 is 14.7 Å². The molecule has 2 N–H and O–H groups in total. The van der Waals surface area contributed by atoms with Crippen LogP contribution in [0.4, 0.5) is 0 Å². The number of carboxylic acids is 1. The molecule has 0 bridgehead atoms. The van der Waals surface area contributed by atoms with Gasteiger partial charge in [-0.25, -0.2) is 9.78 Å². The third kappa shape index (κ3) is 3.00. The first-order valence-electron chi connectivity index (χ1n) is 5.88. The Kier molecular flexibility index (Phi) is 4.09. The van der Waals surface area contributed by atoms with E-state index in [1.54, 1.807) is 32.2 Å². The third-order valence-electron chi connectivity index (χ3n) is 2.69. The number of aromatic nitrogens is 2. The van der Waals surface area contributed by atoms with Gasteiger partial charge in [0.05, 0.1) is 17.8 Å². The van der Waals surface area contributed by atoms with E-state index in [1.165, 1.54) is 0 Å². The Morgan fingerprint density at radius 1 is 1.35 bits per heavy atom. The van der Waals surface area contributed by atoms with Crippen molar-refractivity contribution in [3.63, 3.8) is 0 Å². The molecular formula is C13H13N3O3S. The van der Waals surface area contributed by atoms with Gasteiger partial charge in [-0.05, 0) is 26.0 Å². The number of rotatable bonds is 4. The molecular weight excluding hydrogens is 278 g/mol. The highest BCUT2D eigenvalue weighted by Crippen LogP contribution is 2.17. The zero-order valence-corrected chi connectivity index (χ0v) is 11.8. The Bertz CT molecular complexity index is 667. The molecule has 0 spiro atoms. The van der Waals surface area contributed by atoms with Crippen molar-refractivity contribution in [1.29, 1.82) is 0 Å². The number of carboxylic acid groups (broad SMARTS) is 1. The quantitative estimate of drug-likeness (QED) is 0.895. The molecule has 6 nitrogen and oxygen atoms in total. The molecule has 2 heterocycles. The first kappa shape index (κ1) is 14.1. The second kappa shape index (κ2) is 5.79. The number of carbonyl (C=O) groups is 2. The lowest BCUT2D eigenvalue weighted by molar-refractivity contribution is 0.0701. The fourth-order valence-electron chi connectivity index (χ4n) is 1.70. The maximum atomic E-state index is 12.0. The second-order valence-corrected chi connectivity index (χ2v) is 5.23. The predicted octanol–water partition coefficient (Wildman–Crippen LogP) is 1.78. The molecule has 104 valence electrons. The Balaban J connectivity index is 2.06. The van der Waals surface area contributed by atoms with E-state index >= 15 is 0 Å². The Hall–Kier alpha value is -2.28. The van der Waals surface area contributed by atoms with Gasteiger partial charge in [-0.1, -0.05) is 0 Å². The van der Waals surface area contributed by atoms with Crippen LogP contribution < -0.4 is 5.32 Å². The zero-order valence-electron chi connectivity index (χ0n) is 11.0. The minimum atomic E-state index is -0.999. The van der Waals surface area contributed by atoms with Crippen LogP contribution in [0.15, 0.2) is 18.3 Å². The average Bonchev–Trinajstić information content (AvgIpc) is 2.78. The van der Waals surface area contributed by atoms with Crippen molar-refractivity contribution in [3.05, 3.63) is 45.2 Å². The molecule has 2 aromatic heterocycles. The fourth-order valence-corrected chi connectivity index (χ4v) is 2.54. The summed E-state index contributed by atoms with van der Waals surface area (Å²) in [6, 6.07) is 3.38. The molecule has 2 rings (SSSR count). The number of carbonyl (C=O) groups excluding carboxylic acids is 1. The van der Waals surface area contributed by atoms with Gasteiger partial charge in [-0.15, -0.1) is 11.3 Å². The van der Waals surface area contributed by atoms with E-state index in [0.717, 1.165) is 11.3 Å². The Morgan fingerprint density at radius 2 is 2.10 bits per heavy atom. The van der Waals surface area contributed by atoms with E-state index < -0.39 is 5.97 Å². The molecule has 0 unspecified atom stereocenters. The summed E-state index contributed by atoms with van der Waals surface area (Å²) in [6.07, 6.45) is 1.62. The number of aromatic carboxylic acids is 1. The van der Waals surface area contributed by atoms with Crippen LogP contribution in [0, 0.1) is 13.8 Å². The summed E-state index contributed by atoms with van der Waals surface area (Å²) in [6.45, 7) is 3.59. The average molecular weight is 291 g/mol. The van der Waals surface area contributed by atoms with E-state index in [4.69, 9.17) is 5.11 Å². The lowest BCUT2D eigenvalue weighted by Crippen LogP contribution is -2.23. The van der Waals surface area contributed by atoms with Gasteiger partial charge in [0.1, 0.15) is 9.88 Å². The van der Waals surface area contributed by atoms with Gasteiger partial charge in [0.25, 0.3) is 5.91 Å². The van der Waals surface area contributed by atoms with Gasteiger partial charge in [-0.2, -0.15) is 0 Å². The molecule has 0 saturated heterocycles. The fraction of sp³-hybridized carbons (Fsp3) is 0.231. The number of amides is 1. The number of aryl methyl sites for hydroxylation is 2. The summed E-state index contributed by atoms with van der Waals surface area (Å²) in [5.41, 5.74) is 1.61. The summed E-state index contributed by atoms with van der Waals surface area (Å²) in [5.74, 6) is -1.25. The Morgan fingerprint density at radius 3 is 2.70 bits per heavy atom. The highest BCUT2D eigenvalue weighted by Gasteiger charge is 2.15. The standard InChI is InChI=1S/C13H13N3O3S/c1-7-9(4-3-5-14-7)12(17)15-6-10-16-8(2)11(20-10)13(18)19/h3-5H,6H2,1-2H3,(H,15,17)(H,18,19). The summed E-state index contributed by atoms with van der Waals surface area (Å²) in [7, 11) is 0. The molecule has 2 aromatic rings. The monoisotopic (exact) mass is 291 g/mol. The zero-order chi connectivity index (χ0) is 14.7. The molecule has 7 heteroatoms. The van der Waals surface area contributed by atoms with Crippen molar-refractivity contribution in [2.24, 2.45) is 0 Å². The highest BCUT2D eigenvalue weighted by molar-refractivity contribution is 7.13. The van der Waals surface area contributed by atoms with Crippen LogP contribution in [0.1, 0.15) is 36.4 Å². The van der Waals surface area contributed by atoms with Crippen LogP contribution in [-0.4, -0.2) is 27.0 Å². The van der Waals surface area contributed by atoms with E-state index in [1.807, 2.05) is 0 Å². The van der Waals surface area contributed by atoms with E-state index in [-0.39, 0.29) is 17.3 Å². The Labute approximate surface area is 119 Å². The summed E-state index contributed by atoms with van der Waals surface area (Å²) in [4.78, 5) is 31.3. The number of hydrogen-bond donors (Lipinski definition) is 2. The topological polar surface area (TPSA) is 92.2 Å².